The average Bonchev–Trinajstić information content (AvgIpc) is 2.75. The molecular formula is C12H20N4O3. The lowest BCUT2D eigenvalue weighted by Gasteiger charge is -2.34. The van der Waals surface area contributed by atoms with Gasteiger partial charge in [0.2, 0.25) is 0 Å². The topological polar surface area (TPSA) is 100 Å². The highest BCUT2D eigenvalue weighted by atomic mass is 16.4. The number of carboxylic acid groups (broad SMARTS) is 1. The highest BCUT2D eigenvalue weighted by Crippen LogP contribution is 2.31. The summed E-state index contributed by atoms with van der Waals surface area (Å²) in [6.07, 6.45) is 3.75. The molecule has 0 aromatic carbocycles. The fourth-order valence-corrected chi connectivity index (χ4v) is 2.45. The minimum Gasteiger partial charge on any atom is -0.481 e. The van der Waals surface area contributed by atoms with Crippen molar-refractivity contribution in [2.75, 3.05) is 6.54 Å². The minimum atomic E-state index is -0.801. The summed E-state index contributed by atoms with van der Waals surface area (Å²) in [5.41, 5.74) is -0.801. The molecule has 0 unspecified atom stereocenters. The van der Waals surface area contributed by atoms with Crippen LogP contribution >= 0.6 is 0 Å². The van der Waals surface area contributed by atoms with Gasteiger partial charge in [0.25, 0.3) is 0 Å². The van der Waals surface area contributed by atoms with Crippen LogP contribution in [-0.4, -0.2) is 43.1 Å². The van der Waals surface area contributed by atoms with Crippen molar-refractivity contribution >= 4 is 5.97 Å². The van der Waals surface area contributed by atoms with Gasteiger partial charge >= 0.3 is 5.97 Å². The maximum Gasteiger partial charge on any atom is 0.306 e. The number of nitrogens with one attached hydrogen (secondary N) is 1. The monoisotopic (exact) mass is 268 g/mol. The molecule has 0 atom stereocenters. The Morgan fingerprint density at radius 3 is 2.79 bits per heavy atom. The zero-order valence-corrected chi connectivity index (χ0v) is 11.0. The highest BCUT2D eigenvalue weighted by Gasteiger charge is 2.35. The van der Waals surface area contributed by atoms with E-state index in [1.165, 1.54) is 0 Å². The third kappa shape index (κ3) is 3.51. The second-order valence-electron chi connectivity index (χ2n) is 5.30. The quantitative estimate of drug-likeness (QED) is 0.690. The van der Waals surface area contributed by atoms with Gasteiger partial charge in [-0.3, -0.25) is 4.79 Å². The largest absolute Gasteiger partial charge is 0.481 e. The normalized spacial score (nSPS) is 27.4. The van der Waals surface area contributed by atoms with Crippen LogP contribution < -0.4 is 5.32 Å². The average molecular weight is 268 g/mol. The van der Waals surface area contributed by atoms with Crippen LogP contribution in [0.4, 0.5) is 0 Å². The molecule has 0 saturated heterocycles. The predicted molar refractivity (Wildman–Crippen MR) is 67.3 cm³/mol. The number of carboxylic acids is 1. The summed E-state index contributed by atoms with van der Waals surface area (Å²) < 4.78 is 1.82. The van der Waals surface area contributed by atoms with Crippen molar-refractivity contribution < 1.29 is 15.0 Å². The maximum absolute atomic E-state index is 10.9. The van der Waals surface area contributed by atoms with E-state index in [1.54, 1.807) is 6.33 Å². The summed E-state index contributed by atoms with van der Waals surface area (Å²) in [7, 11) is 1.86. The number of aromatic nitrogens is 3. The molecule has 0 radical (unpaired) electrons. The molecule has 0 spiro atoms. The van der Waals surface area contributed by atoms with Crippen LogP contribution in [-0.2, 0) is 18.4 Å². The molecule has 0 aliphatic heterocycles. The first-order chi connectivity index (χ1) is 9.00. The zero-order valence-electron chi connectivity index (χ0n) is 11.0. The molecule has 1 aliphatic rings. The van der Waals surface area contributed by atoms with E-state index in [0.29, 0.717) is 38.8 Å². The van der Waals surface area contributed by atoms with Crippen LogP contribution in [0.25, 0.3) is 0 Å². The Hall–Kier alpha value is -1.47. The standard InChI is InChI=1S/C12H20N4O3/c1-16-8-14-15-10(16)6-13-7-12(19)4-2-9(3-5-12)11(17)18/h8-9,13,19H,2-7H2,1H3,(H,17,18). The number of aryl methyl sites for hydroxylation is 1. The van der Waals surface area contributed by atoms with Crippen molar-refractivity contribution in [1.82, 2.24) is 20.1 Å². The van der Waals surface area contributed by atoms with Crippen molar-refractivity contribution in [2.24, 2.45) is 13.0 Å². The molecular weight excluding hydrogens is 248 g/mol. The fraction of sp³-hybridized carbons (Fsp3) is 0.750. The Balaban J connectivity index is 1.77. The highest BCUT2D eigenvalue weighted by molar-refractivity contribution is 5.70. The summed E-state index contributed by atoms with van der Waals surface area (Å²) in [4.78, 5) is 10.9. The van der Waals surface area contributed by atoms with Gasteiger partial charge in [0, 0.05) is 13.6 Å². The summed E-state index contributed by atoms with van der Waals surface area (Å²) in [5, 5.41) is 30.2. The molecule has 7 heteroatoms. The molecule has 19 heavy (non-hydrogen) atoms. The Labute approximate surface area is 111 Å². The smallest absolute Gasteiger partial charge is 0.306 e. The van der Waals surface area contributed by atoms with E-state index >= 15 is 0 Å². The number of aliphatic hydroxyl groups is 1. The van der Waals surface area contributed by atoms with E-state index in [0.717, 1.165) is 5.82 Å². The Morgan fingerprint density at radius 2 is 2.26 bits per heavy atom. The SMILES string of the molecule is Cn1cnnc1CNCC1(O)CCC(C(=O)O)CC1. The van der Waals surface area contributed by atoms with Crippen molar-refractivity contribution in [1.29, 1.82) is 0 Å². The van der Waals surface area contributed by atoms with Gasteiger partial charge in [-0.05, 0) is 25.7 Å². The predicted octanol–water partition coefficient (Wildman–Crippen LogP) is -0.0894. The molecule has 7 nitrogen and oxygen atoms in total. The third-order valence-corrected chi connectivity index (χ3v) is 3.81. The summed E-state index contributed by atoms with van der Waals surface area (Å²) >= 11 is 0. The van der Waals surface area contributed by atoms with E-state index in [4.69, 9.17) is 5.11 Å². The number of hydrogen-bond donors (Lipinski definition) is 3. The first kappa shape index (κ1) is 14.0. The molecule has 0 amide bonds. The molecule has 3 N–H and O–H groups in total. The van der Waals surface area contributed by atoms with Gasteiger partial charge in [0.05, 0.1) is 18.1 Å². The zero-order chi connectivity index (χ0) is 13.9. The van der Waals surface area contributed by atoms with Crippen LogP contribution in [0, 0.1) is 5.92 Å². The van der Waals surface area contributed by atoms with E-state index in [-0.39, 0.29) is 5.92 Å². The van der Waals surface area contributed by atoms with Crippen molar-refractivity contribution in [2.45, 2.75) is 37.8 Å². The van der Waals surface area contributed by atoms with E-state index < -0.39 is 11.6 Å². The van der Waals surface area contributed by atoms with E-state index in [2.05, 4.69) is 15.5 Å². The molecule has 106 valence electrons. The molecule has 1 heterocycles. The molecule has 2 rings (SSSR count). The Morgan fingerprint density at radius 1 is 1.58 bits per heavy atom. The second kappa shape index (κ2) is 5.66. The van der Waals surface area contributed by atoms with Crippen LogP contribution in [0.5, 0.6) is 0 Å². The van der Waals surface area contributed by atoms with Gasteiger partial charge in [-0.2, -0.15) is 0 Å². The van der Waals surface area contributed by atoms with Gasteiger partial charge in [0.15, 0.2) is 0 Å². The molecule has 1 fully saturated rings. The number of rotatable bonds is 5. The lowest BCUT2D eigenvalue weighted by molar-refractivity contribution is -0.144. The van der Waals surface area contributed by atoms with Gasteiger partial charge in [-0.1, -0.05) is 0 Å². The molecule has 1 saturated carbocycles. The van der Waals surface area contributed by atoms with Crippen LogP contribution in [0.3, 0.4) is 0 Å². The van der Waals surface area contributed by atoms with Gasteiger partial charge < -0.3 is 20.1 Å². The summed E-state index contributed by atoms with van der Waals surface area (Å²) in [5.74, 6) is -0.254. The first-order valence-corrected chi connectivity index (χ1v) is 6.49. The van der Waals surface area contributed by atoms with Crippen molar-refractivity contribution in [3.05, 3.63) is 12.2 Å². The lowest BCUT2D eigenvalue weighted by Crippen LogP contribution is -2.44. The maximum atomic E-state index is 10.9. The number of carbonyl (C=O) groups is 1. The van der Waals surface area contributed by atoms with Crippen LogP contribution in [0.15, 0.2) is 6.33 Å². The van der Waals surface area contributed by atoms with Crippen molar-refractivity contribution in [3.8, 4) is 0 Å². The number of nitrogens with zero attached hydrogens (tertiary/aromatic N) is 3. The Bertz CT molecular complexity index is 438. The Kier molecular flexibility index (Phi) is 4.16. The third-order valence-electron chi connectivity index (χ3n) is 3.81. The second-order valence-corrected chi connectivity index (χ2v) is 5.30. The lowest BCUT2D eigenvalue weighted by atomic mass is 9.79. The fourth-order valence-electron chi connectivity index (χ4n) is 2.45. The molecule has 1 aliphatic carbocycles. The molecule has 0 bridgehead atoms. The first-order valence-electron chi connectivity index (χ1n) is 6.49. The number of aliphatic carboxylic acids is 1. The molecule has 1 aromatic heterocycles. The summed E-state index contributed by atoms with van der Waals surface area (Å²) in [6, 6.07) is 0. The van der Waals surface area contributed by atoms with Gasteiger partial charge in [-0.15, -0.1) is 10.2 Å². The number of hydrogen-bond acceptors (Lipinski definition) is 5. The van der Waals surface area contributed by atoms with Crippen molar-refractivity contribution in [3.63, 3.8) is 0 Å². The van der Waals surface area contributed by atoms with Crippen LogP contribution in [0.1, 0.15) is 31.5 Å². The molecule has 1 aromatic rings. The van der Waals surface area contributed by atoms with Crippen LogP contribution in [0.2, 0.25) is 0 Å². The van der Waals surface area contributed by atoms with E-state index in [9.17, 15) is 9.90 Å². The van der Waals surface area contributed by atoms with Gasteiger partial charge in [0.1, 0.15) is 12.2 Å². The van der Waals surface area contributed by atoms with E-state index in [1.807, 2.05) is 11.6 Å². The van der Waals surface area contributed by atoms with Gasteiger partial charge in [-0.25, -0.2) is 0 Å². The summed E-state index contributed by atoms with van der Waals surface area (Å²) in [6.45, 7) is 0.993. The minimum absolute atomic E-state index is 0.306.